The summed E-state index contributed by atoms with van der Waals surface area (Å²) in [7, 11) is -3.76. The summed E-state index contributed by atoms with van der Waals surface area (Å²) < 4.78 is 33.2. The molecular formula is C17H20N2O4S. The van der Waals surface area contributed by atoms with Crippen LogP contribution in [0.15, 0.2) is 35.4 Å². The van der Waals surface area contributed by atoms with Gasteiger partial charge >= 0.3 is 0 Å². The number of benzene rings is 1. The van der Waals surface area contributed by atoms with Crippen molar-refractivity contribution in [1.82, 2.24) is 9.29 Å². The van der Waals surface area contributed by atoms with E-state index < -0.39 is 16.1 Å². The Bertz CT molecular complexity index is 879. The average molecular weight is 348 g/mol. The first-order valence-corrected chi connectivity index (χ1v) is 9.28. The molecule has 2 aromatic rings. The number of ketones is 1. The Morgan fingerprint density at radius 3 is 2.96 bits per heavy atom. The Hall–Kier alpha value is -1.83. The van der Waals surface area contributed by atoms with Crippen molar-refractivity contribution in [3.8, 4) is 0 Å². The Labute approximate surface area is 141 Å². The maximum atomic E-state index is 13.2. The van der Waals surface area contributed by atoms with Crippen LogP contribution in [-0.2, 0) is 19.6 Å². The first-order chi connectivity index (χ1) is 11.4. The van der Waals surface area contributed by atoms with Crippen molar-refractivity contribution in [2.75, 3.05) is 19.8 Å². The Morgan fingerprint density at radius 2 is 2.21 bits per heavy atom. The maximum absolute atomic E-state index is 13.2. The van der Waals surface area contributed by atoms with E-state index in [2.05, 4.69) is 4.98 Å². The number of hydrogen-bond acceptors (Lipinski definition) is 5. The molecule has 1 aromatic heterocycles. The summed E-state index contributed by atoms with van der Waals surface area (Å²) in [5, 5.41) is 0.785. The number of hydrogen-bond donors (Lipinski definition) is 0. The van der Waals surface area contributed by atoms with Gasteiger partial charge in [0.2, 0.25) is 10.0 Å². The zero-order chi connectivity index (χ0) is 17.3. The molecule has 0 bridgehead atoms. The second-order valence-electron chi connectivity index (χ2n) is 6.09. The van der Waals surface area contributed by atoms with Gasteiger partial charge in [-0.25, -0.2) is 8.42 Å². The van der Waals surface area contributed by atoms with E-state index in [4.69, 9.17) is 4.74 Å². The molecule has 6 nitrogen and oxygen atoms in total. The highest BCUT2D eigenvalue weighted by molar-refractivity contribution is 7.89. The molecule has 0 radical (unpaired) electrons. The van der Waals surface area contributed by atoms with E-state index in [1.165, 1.54) is 11.2 Å². The van der Waals surface area contributed by atoms with E-state index in [1.54, 1.807) is 18.3 Å². The zero-order valence-electron chi connectivity index (χ0n) is 13.7. The Kier molecular flexibility index (Phi) is 4.67. The number of sulfonamides is 1. The van der Waals surface area contributed by atoms with Crippen molar-refractivity contribution in [2.24, 2.45) is 0 Å². The third-order valence-electron chi connectivity index (χ3n) is 4.09. The number of rotatable bonds is 4. The fourth-order valence-electron chi connectivity index (χ4n) is 3.03. The first kappa shape index (κ1) is 17.0. The zero-order valence-corrected chi connectivity index (χ0v) is 14.5. The minimum atomic E-state index is -3.76. The molecule has 7 heteroatoms. The monoisotopic (exact) mass is 348 g/mol. The highest BCUT2D eigenvalue weighted by Crippen LogP contribution is 2.27. The number of para-hydroxylation sites is 1. The van der Waals surface area contributed by atoms with Gasteiger partial charge in [-0.15, -0.1) is 0 Å². The largest absolute Gasteiger partial charge is 0.378 e. The summed E-state index contributed by atoms with van der Waals surface area (Å²) in [5.74, 6) is -0.0580. The van der Waals surface area contributed by atoms with E-state index >= 15 is 0 Å². The van der Waals surface area contributed by atoms with Crippen LogP contribution in [0.2, 0.25) is 0 Å². The minimum Gasteiger partial charge on any atom is -0.378 e. The second kappa shape index (κ2) is 6.58. The number of aryl methyl sites for hydroxylation is 1. The van der Waals surface area contributed by atoms with Crippen molar-refractivity contribution < 1.29 is 17.9 Å². The molecule has 0 spiro atoms. The molecule has 1 aliphatic rings. The Morgan fingerprint density at radius 1 is 1.42 bits per heavy atom. The number of fused-ring (bicyclic) bond motifs is 1. The van der Waals surface area contributed by atoms with E-state index in [0.29, 0.717) is 12.1 Å². The predicted molar refractivity (Wildman–Crippen MR) is 90.3 cm³/mol. The highest BCUT2D eigenvalue weighted by atomic mass is 32.2. The van der Waals surface area contributed by atoms with Crippen LogP contribution < -0.4 is 0 Å². The molecule has 0 saturated carbocycles. The van der Waals surface area contributed by atoms with Crippen molar-refractivity contribution in [1.29, 1.82) is 0 Å². The van der Waals surface area contributed by atoms with Crippen molar-refractivity contribution in [3.63, 3.8) is 0 Å². The third-order valence-corrected chi connectivity index (χ3v) is 6.08. The van der Waals surface area contributed by atoms with Crippen LogP contribution in [0.5, 0.6) is 0 Å². The van der Waals surface area contributed by atoms with Crippen molar-refractivity contribution in [2.45, 2.75) is 31.2 Å². The van der Waals surface area contributed by atoms with E-state index in [9.17, 15) is 13.2 Å². The van der Waals surface area contributed by atoms with Crippen LogP contribution in [0.1, 0.15) is 18.9 Å². The van der Waals surface area contributed by atoms with Gasteiger partial charge in [-0.2, -0.15) is 4.31 Å². The highest BCUT2D eigenvalue weighted by Gasteiger charge is 2.35. The first-order valence-electron chi connectivity index (χ1n) is 7.84. The molecule has 0 aliphatic carbocycles. The smallest absolute Gasteiger partial charge is 0.245 e. The number of nitrogens with zero attached hydrogens (tertiary/aromatic N) is 2. The molecule has 0 N–H and O–H groups in total. The van der Waals surface area contributed by atoms with Crippen LogP contribution in [0, 0.1) is 6.92 Å². The van der Waals surface area contributed by atoms with E-state index in [0.717, 1.165) is 10.9 Å². The van der Waals surface area contributed by atoms with Gasteiger partial charge < -0.3 is 4.74 Å². The maximum Gasteiger partial charge on any atom is 0.245 e. The van der Waals surface area contributed by atoms with Crippen LogP contribution in [0.3, 0.4) is 0 Å². The number of Topliss-reactive ketones (excluding diaryl/α,β-unsaturated/α-hetero) is 1. The van der Waals surface area contributed by atoms with Crippen LogP contribution in [-0.4, -0.2) is 49.3 Å². The summed E-state index contributed by atoms with van der Waals surface area (Å²) in [6.07, 6.45) is 1.81. The molecule has 128 valence electrons. The van der Waals surface area contributed by atoms with Crippen LogP contribution in [0.25, 0.3) is 10.9 Å². The fourth-order valence-corrected chi connectivity index (χ4v) is 4.79. The molecule has 1 unspecified atom stereocenters. The summed E-state index contributed by atoms with van der Waals surface area (Å²) in [5.41, 5.74) is 1.43. The standard InChI is InChI=1S/C17H20N2O4S/c1-12-8-14-4-3-5-16(17(14)18-10-12)24(21,22)19-6-7-23-11-15(19)9-13(2)20/h3-5,8,10,15H,6-7,9,11H2,1-2H3. The lowest BCUT2D eigenvalue weighted by Gasteiger charge is -2.34. The second-order valence-corrected chi connectivity index (χ2v) is 7.95. The number of aromatic nitrogens is 1. The number of carbonyl (C=O) groups is 1. The van der Waals surface area contributed by atoms with E-state index in [1.807, 2.05) is 19.1 Å². The number of morpholine rings is 1. The summed E-state index contributed by atoms with van der Waals surface area (Å²) in [6.45, 7) is 4.17. The molecule has 2 heterocycles. The lowest BCUT2D eigenvalue weighted by Crippen LogP contribution is -2.49. The topological polar surface area (TPSA) is 76.6 Å². The van der Waals surface area contributed by atoms with Crippen molar-refractivity contribution >= 4 is 26.7 Å². The summed E-state index contributed by atoms with van der Waals surface area (Å²) >= 11 is 0. The van der Waals surface area contributed by atoms with Crippen LogP contribution in [0.4, 0.5) is 0 Å². The normalized spacial score (nSPS) is 19.5. The van der Waals surface area contributed by atoms with Gasteiger partial charge in [0.1, 0.15) is 10.7 Å². The molecule has 3 rings (SSSR count). The fraction of sp³-hybridized carbons (Fsp3) is 0.412. The van der Waals surface area contributed by atoms with Gasteiger partial charge in [-0.3, -0.25) is 9.78 Å². The van der Waals surface area contributed by atoms with Crippen LogP contribution >= 0.6 is 0 Å². The SMILES string of the molecule is CC(=O)CC1COCCN1S(=O)(=O)c1cccc2cc(C)cnc12. The molecule has 1 atom stereocenters. The molecule has 24 heavy (non-hydrogen) atoms. The molecule has 1 aromatic carbocycles. The molecular weight excluding hydrogens is 328 g/mol. The summed E-state index contributed by atoms with van der Waals surface area (Å²) in [6, 6.07) is 6.58. The van der Waals surface area contributed by atoms with Crippen molar-refractivity contribution in [3.05, 3.63) is 36.0 Å². The quantitative estimate of drug-likeness (QED) is 0.843. The molecule has 1 aliphatic heterocycles. The lowest BCUT2D eigenvalue weighted by molar-refractivity contribution is -0.118. The number of ether oxygens (including phenoxy) is 1. The van der Waals surface area contributed by atoms with Gasteiger partial charge in [0.05, 0.1) is 24.8 Å². The molecule has 1 saturated heterocycles. The number of pyridine rings is 1. The lowest BCUT2D eigenvalue weighted by atomic mass is 10.1. The van der Waals surface area contributed by atoms with Gasteiger partial charge in [0.25, 0.3) is 0 Å². The van der Waals surface area contributed by atoms with Gasteiger partial charge in [-0.1, -0.05) is 12.1 Å². The van der Waals surface area contributed by atoms with Gasteiger partial charge in [0.15, 0.2) is 0 Å². The van der Waals surface area contributed by atoms with Gasteiger partial charge in [0, 0.05) is 24.5 Å². The van der Waals surface area contributed by atoms with E-state index in [-0.39, 0.29) is 30.3 Å². The minimum absolute atomic E-state index is 0.0580. The van der Waals surface area contributed by atoms with Gasteiger partial charge in [-0.05, 0) is 31.5 Å². The summed E-state index contributed by atoms with van der Waals surface area (Å²) in [4.78, 5) is 16.0. The Balaban J connectivity index is 2.08. The third kappa shape index (κ3) is 3.19. The number of carbonyl (C=O) groups excluding carboxylic acids is 1. The molecule has 1 fully saturated rings. The average Bonchev–Trinajstić information content (AvgIpc) is 2.53. The predicted octanol–water partition coefficient (Wildman–Crippen LogP) is 1.91. The molecule has 0 amide bonds.